The Kier molecular flexibility index (Phi) is 2.05. The number of fused-ring (bicyclic) bond motifs is 2. The minimum atomic E-state index is 0.0584. The van der Waals surface area contributed by atoms with Gasteiger partial charge in [-0.2, -0.15) is 0 Å². The lowest BCUT2D eigenvalue weighted by Crippen LogP contribution is -2.04. The van der Waals surface area contributed by atoms with Crippen molar-refractivity contribution in [3.8, 4) is 0 Å². The van der Waals surface area contributed by atoms with Crippen LogP contribution in [0.2, 0.25) is 0 Å². The lowest BCUT2D eigenvalue weighted by Gasteiger charge is -2.05. The molecule has 3 rings (SSSR count). The van der Waals surface area contributed by atoms with E-state index in [1.54, 1.807) is 0 Å². The number of hydrogen-bond donors (Lipinski definition) is 0. The molecule has 0 unspecified atom stereocenters. The Bertz CT molecular complexity index is 782. The van der Waals surface area contributed by atoms with E-state index in [4.69, 9.17) is 4.42 Å². The standard InChI is InChI=1S/C15H12O2/c1-9-7-8-10(2)15-13(9)14(16)11-5-3-4-6-12(11)17-15/h3-8H,1-2H3. The summed E-state index contributed by atoms with van der Waals surface area (Å²) in [6.07, 6.45) is 0. The monoisotopic (exact) mass is 224 g/mol. The second-order valence-corrected chi connectivity index (χ2v) is 4.33. The van der Waals surface area contributed by atoms with E-state index in [9.17, 15) is 4.79 Å². The third-order valence-corrected chi connectivity index (χ3v) is 3.13. The van der Waals surface area contributed by atoms with Gasteiger partial charge in [0.15, 0.2) is 0 Å². The van der Waals surface area contributed by atoms with Gasteiger partial charge < -0.3 is 4.42 Å². The van der Waals surface area contributed by atoms with E-state index in [-0.39, 0.29) is 5.43 Å². The Hall–Kier alpha value is -2.09. The van der Waals surface area contributed by atoms with Crippen molar-refractivity contribution < 1.29 is 4.42 Å². The molecule has 2 heteroatoms. The van der Waals surface area contributed by atoms with Crippen LogP contribution in [-0.4, -0.2) is 0 Å². The normalized spacial score (nSPS) is 11.2. The smallest absolute Gasteiger partial charge is 0.200 e. The van der Waals surface area contributed by atoms with Crippen LogP contribution in [0.5, 0.6) is 0 Å². The molecule has 3 aromatic rings. The highest BCUT2D eigenvalue weighted by molar-refractivity contribution is 5.92. The molecular formula is C15H12O2. The average molecular weight is 224 g/mol. The molecule has 0 atom stereocenters. The fourth-order valence-corrected chi connectivity index (χ4v) is 2.19. The molecule has 0 saturated carbocycles. The largest absolute Gasteiger partial charge is 0.456 e. The van der Waals surface area contributed by atoms with Crippen LogP contribution in [0.25, 0.3) is 21.9 Å². The molecule has 0 fully saturated rings. The summed E-state index contributed by atoms with van der Waals surface area (Å²) in [6, 6.07) is 11.3. The van der Waals surface area contributed by atoms with Gasteiger partial charge in [0, 0.05) is 0 Å². The van der Waals surface area contributed by atoms with Gasteiger partial charge in [-0.3, -0.25) is 4.79 Å². The summed E-state index contributed by atoms with van der Waals surface area (Å²) in [5.74, 6) is 0. The lowest BCUT2D eigenvalue weighted by atomic mass is 10.0. The summed E-state index contributed by atoms with van der Waals surface area (Å²) in [7, 11) is 0. The lowest BCUT2D eigenvalue weighted by molar-refractivity contribution is 0.656. The van der Waals surface area contributed by atoms with E-state index in [2.05, 4.69) is 0 Å². The van der Waals surface area contributed by atoms with Crippen molar-refractivity contribution in [2.24, 2.45) is 0 Å². The predicted octanol–water partition coefficient (Wildman–Crippen LogP) is 3.56. The highest BCUT2D eigenvalue weighted by atomic mass is 16.3. The first-order valence-electron chi connectivity index (χ1n) is 5.60. The second-order valence-electron chi connectivity index (χ2n) is 4.33. The van der Waals surface area contributed by atoms with Crippen LogP contribution < -0.4 is 5.43 Å². The summed E-state index contributed by atoms with van der Waals surface area (Å²) in [4.78, 5) is 12.4. The number of aryl methyl sites for hydroxylation is 2. The van der Waals surface area contributed by atoms with Crippen LogP contribution in [0.1, 0.15) is 11.1 Å². The maximum absolute atomic E-state index is 12.4. The Morgan fingerprint density at radius 1 is 0.941 bits per heavy atom. The molecule has 0 amide bonds. The minimum absolute atomic E-state index is 0.0584. The second kappa shape index (κ2) is 3.45. The molecule has 84 valence electrons. The first-order valence-corrected chi connectivity index (χ1v) is 5.60. The minimum Gasteiger partial charge on any atom is -0.456 e. The van der Waals surface area contributed by atoms with Crippen molar-refractivity contribution in [3.05, 3.63) is 57.7 Å². The molecule has 1 aromatic heterocycles. The Morgan fingerprint density at radius 2 is 1.65 bits per heavy atom. The molecular weight excluding hydrogens is 212 g/mol. The third-order valence-electron chi connectivity index (χ3n) is 3.13. The fraction of sp³-hybridized carbons (Fsp3) is 0.133. The van der Waals surface area contributed by atoms with Gasteiger partial charge in [0.2, 0.25) is 5.43 Å². The van der Waals surface area contributed by atoms with Gasteiger partial charge in [-0.15, -0.1) is 0 Å². The van der Waals surface area contributed by atoms with Gasteiger partial charge >= 0.3 is 0 Å². The molecule has 0 spiro atoms. The highest BCUT2D eigenvalue weighted by Crippen LogP contribution is 2.23. The number of hydrogen-bond acceptors (Lipinski definition) is 2. The Morgan fingerprint density at radius 3 is 2.47 bits per heavy atom. The van der Waals surface area contributed by atoms with E-state index in [0.717, 1.165) is 11.1 Å². The fourth-order valence-electron chi connectivity index (χ4n) is 2.19. The van der Waals surface area contributed by atoms with Crippen LogP contribution in [0, 0.1) is 13.8 Å². The summed E-state index contributed by atoms with van der Waals surface area (Å²) in [5, 5.41) is 1.34. The Balaban J connectivity index is 2.69. The Labute approximate surface area is 98.5 Å². The van der Waals surface area contributed by atoms with Gasteiger partial charge in [0.25, 0.3) is 0 Å². The van der Waals surface area contributed by atoms with Gasteiger partial charge in [0.05, 0.1) is 10.8 Å². The van der Waals surface area contributed by atoms with Crippen molar-refractivity contribution in [2.75, 3.05) is 0 Å². The summed E-state index contributed by atoms with van der Waals surface area (Å²) in [5.41, 5.74) is 3.37. The van der Waals surface area contributed by atoms with Crippen molar-refractivity contribution >= 4 is 21.9 Å². The molecule has 0 saturated heterocycles. The van der Waals surface area contributed by atoms with Crippen molar-refractivity contribution in [1.29, 1.82) is 0 Å². The van der Waals surface area contributed by atoms with E-state index in [1.165, 1.54) is 0 Å². The predicted molar refractivity (Wildman–Crippen MR) is 69.5 cm³/mol. The van der Waals surface area contributed by atoms with Crippen LogP contribution in [0.3, 0.4) is 0 Å². The van der Waals surface area contributed by atoms with Crippen molar-refractivity contribution in [3.63, 3.8) is 0 Å². The number of para-hydroxylation sites is 1. The third kappa shape index (κ3) is 1.37. The summed E-state index contributed by atoms with van der Waals surface area (Å²) < 4.78 is 5.84. The molecule has 2 nitrogen and oxygen atoms in total. The molecule has 0 aliphatic rings. The highest BCUT2D eigenvalue weighted by Gasteiger charge is 2.10. The first kappa shape index (κ1) is 10.1. The van der Waals surface area contributed by atoms with Gasteiger partial charge in [-0.05, 0) is 37.1 Å². The zero-order valence-corrected chi connectivity index (χ0v) is 9.78. The molecule has 0 bridgehead atoms. The van der Waals surface area contributed by atoms with Crippen LogP contribution in [0.4, 0.5) is 0 Å². The molecule has 1 heterocycles. The topological polar surface area (TPSA) is 30.2 Å². The summed E-state index contributed by atoms with van der Waals surface area (Å²) >= 11 is 0. The van der Waals surface area contributed by atoms with Gasteiger partial charge in [-0.1, -0.05) is 24.3 Å². The zero-order valence-electron chi connectivity index (χ0n) is 9.78. The van der Waals surface area contributed by atoms with Gasteiger partial charge in [-0.25, -0.2) is 0 Å². The maximum Gasteiger partial charge on any atom is 0.200 e. The van der Waals surface area contributed by atoms with E-state index >= 15 is 0 Å². The number of rotatable bonds is 0. The van der Waals surface area contributed by atoms with E-state index in [1.807, 2.05) is 50.2 Å². The van der Waals surface area contributed by atoms with E-state index in [0.29, 0.717) is 21.9 Å². The molecule has 17 heavy (non-hydrogen) atoms. The quantitative estimate of drug-likeness (QED) is 0.546. The SMILES string of the molecule is Cc1ccc(C)c2c(=O)c3ccccc3oc12. The van der Waals surface area contributed by atoms with Crippen LogP contribution in [0.15, 0.2) is 45.6 Å². The zero-order chi connectivity index (χ0) is 12.0. The molecule has 0 radical (unpaired) electrons. The van der Waals surface area contributed by atoms with Gasteiger partial charge in [0.1, 0.15) is 11.2 Å². The van der Waals surface area contributed by atoms with Crippen molar-refractivity contribution in [1.82, 2.24) is 0 Å². The number of benzene rings is 2. The molecule has 0 aliphatic carbocycles. The molecule has 2 aromatic carbocycles. The van der Waals surface area contributed by atoms with Crippen LogP contribution in [-0.2, 0) is 0 Å². The summed E-state index contributed by atoms with van der Waals surface area (Å²) in [6.45, 7) is 3.90. The van der Waals surface area contributed by atoms with Crippen molar-refractivity contribution in [2.45, 2.75) is 13.8 Å². The van der Waals surface area contributed by atoms with Crippen LogP contribution >= 0.6 is 0 Å². The first-order chi connectivity index (χ1) is 8.18. The van der Waals surface area contributed by atoms with E-state index < -0.39 is 0 Å². The average Bonchev–Trinajstić information content (AvgIpc) is 2.34. The maximum atomic E-state index is 12.4. The molecule has 0 aliphatic heterocycles. The molecule has 0 N–H and O–H groups in total.